The summed E-state index contributed by atoms with van der Waals surface area (Å²) in [5.74, 6) is -0.493. The van der Waals surface area contributed by atoms with Gasteiger partial charge in [0, 0.05) is 0 Å². The van der Waals surface area contributed by atoms with Crippen LogP contribution in [0.25, 0.3) is 0 Å². The predicted molar refractivity (Wildman–Crippen MR) is 70.8 cm³/mol. The SMILES string of the molecule is C[n+]1ccn(CCOC(=O)CNC(=O)OC(C)(C)C)c1. The maximum Gasteiger partial charge on any atom is 0.408 e. The first-order valence-electron chi connectivity index (χ1n) is 6.40. The van der Waals surface area contributed by atoms with Gasteiger partial charge < -0.3 is 14.8 Å². The van der Waals surface area contributed by atoms with Gasteiger partial charge in [0.1, 0.15) is 37.7 Å². The lowest BCUT2D eigenvalue weighted by Gasteiger charge is -2.19. The first-order valence-corrected chi connectivity index (χ1v) is 6.40. The molecule has 0 fully saturated rings. The Morgan fingerprint density at radius 1 is 1.35 bits per heavy atom. The number of alkyl carbamates (subject to hydrolysis) is 1. The van der Waals surface area contributed by atoms with E-state index < -0.39 is 17.7 Å². The van der Waals surface area contributed by atoms with Crippen molar-refractivity contribution in [1.29, 1.82) is 0 Å². The zero-order valence-corrected chi connectivity index (χ0v) is 12.4. The van der Waals surface area contributed by atoms with Gasteiger partial charge in [-0.1, -0.05) is 0 Å². The number of hydrogen-bond donors (Lipinski definition) is 1. The fourth-order valence-electron chi connectivity index (χ4n) is 1.41. The molecule has 7 nitrogen and oxygen atoms in total. The van der Waals surface area contributed by atoms with E-state index in [1.54, 1.807) is 20.8 Å². The Morgan fingerprint density at radius 3 is 2.60 bits per heavy atom. The summed E-state index contributed by atoms with van der Waals surface area (Å²) in [6.07, 6.45) is 5.03. The van der Waals surface area contributed by atoms with Crippen LogP contribution >= 0.6 is 0 Å². The quantitative estimate of drug-likeness (QED) is 0.626. The molecule has 0 aromatic carbocycles. The van der Waals surface area contributed by atoms with E-state index in [9.17, 15) is 9.59 Å². The van der Waals surface area contributed by atoms with E-state index in [1.165, 1.54) is 0 Å². The fraction of sp³-hybridized carbons (Fsp3) is 0.615. The Balaban J connectivity index is 2.16. The first-order chi connectivity index (χ1) is 9.26. The second-order valence-corrected chi connectivity index (χ2v) is 5.39. The Morgan fingerprint density at radius 2 is 2.05 bits per heavy atom. The molecule has 0 unspecified atom stereocenters. The molecule has 1 aromatic rings. The summed E-state index contributed by atoms with van der Waals surface area (Å²) in [5.41, 5.74) is -0.585. The Kier molecular flexibility index (Phi) is 5.54. The van der Waals surface area contributed by atoms with Crippen molar-refractivity contribution in [1.82, 2.24) is 9.88 Å². The van der Waals surface area contributed by atoms with Crippen LogP contribution < -0.4 is 9.88 Å². The van der Waals surface area contributed by atoms with Crippen molar-refractivity contribution >= 4 is 12.1 Å². The molecule has 0 aliphatic rings. The highest BCUT2D eigenvalue weighted by Crippen LogP contribution is 2.06. The molecular weight excluding hydrogens is 262 g/mol. The minimum atomic E-state index is -0.633. The largest absolute Gasteiger partial charge is 0.460 e. The second kappa shape index (κ2) is 6.93. The molecule has 0 atom stereocenters. The lowest BCUT2D eigenvalue weighted by Crippen LogP contribution is -2.36. The molecule has 0 bridgehead atoms. The third-order valence-electron chi connectivity index (χ3n) is 2.21. The molecule has 0 radical (unpaired) electrons. The van der Waals surface area contributed by atoms with E-state index in [-0.39, 0.29) is 13.2 Å². The van der Waals surface area contributed by atoms with Crippen LogP contribution in [0, 0.1) is 0 Å². The van der Waals surface area contributed by atoms with Crippen LogP contribution in [0.2, 0.25) is 0 Å². The molecule has 1 amide bonds. The van der Waals surface area contributed by atoms with E-state index in [0.29, 0.717) is 6.54 Å². The Bertz CT molecular complexity index is 462. The average molecular weight is 284 g/mol. The number of carbonyl (C=O) groups excluding carboxylic acids is 2. The van der Waals surface area contributed by atoms with Crippen molar-refractivity contribution in [3.05, 3.63) is 18.7 Å². The summed E-state index contributed by atoms with van der Waals surface area (Å²) in [7, 11) is 1.91. The number of aromatic nitrogens is 2. The zero-order valence-electron chi connectivity index (χ0n) is 12.4. The van der Waals surface area contributed by atoms with Gasteiger partial charge in [-0.2, -0.15) is 0 Å². The van der Waals surface area contributed by atoms with Gasteiger partial charge >= 0.3 is 12.1 Å². The van der Waals surface area contributed by atoms with Gasteiger partial charge in [0.2, 0.25) is 6.33 Å². The lowest BCUT2D eigenvalue weighted by molar-refractivity contribution is -0.671. The monoisotopic (exact) mass is 284 g/mol. The number of aryl methyl sites for hydroxylation is 1. The van der Waals surface area contributed by atoms with Gasteiger partial charge in [-0.3, -0.25) is 4.79 Å². The van der Waals surface area contributed by atoms with E-state index in [0.717, 1.165) is 0 Å². The third kappa shape index (κ3) is 6.77. The molecule has 7 heteroatoms. The summed E-state index contributed by atoms with van der Waals surface area (Å²) in [6.45, 7) is 5.88. The van der Waals surface area contributed by atoms with Crippen molar-refractivity contribution in [2.24, 2.45) is 7.05 Å². The molecule has 1 heterocycles. The number of carbonyl (C=O) groups is 2. The number of rotatable bonds is 5. The number of nitrogens with zero attached hydrogens (tertiary/aromatic N) is 2. The van der Waals surface area contributed by atoms with Crippen molar-refractivity contribution in [3.8, 4) is 0 Å². The van der Waals surface area contributed by atoms with Crippen LogP contribution in [-0.2, 0) is 27.9 Å². The van der Waals surface area contributed by atoms with Gasteiger partial charge in [0.25, 0.3) is 0 Å². The van der Waals surface area contributed by atoms with Crippen LogP contribution in [0.5, 0.6) is 0 Å². The molecule has 1 N–H and O–H groups in total. The van der Waals surface area contributed by atoms with Gasteiger partial charge in [-0.05, 0) is 20.8 Å². The standard InChI is InChI=1S/C13H21N3O4/c1-13(2,3)20-12(18)14-9-11(17)19-8-7-16-6-5-15(4)10-16/h5-6,10H,7-9H2,1-4H3/p+1. The van der Waals surface area contributed by atoms with E-state index >= 15 is 0 Å². The highest BCUT2D eigenvalue weighted by molar-refractivity contribution is 5.77. The number of amides is 1. The minimum absolute atomic E-state index is 0.200. The van der Waals surface area contributed by atoms with Crippen LogP contribution in [0.3, 0.4) is 0 Å². The molecular formula is C13H22N3O4+. The average Bonchev–Trinajstić information content (AvgIpc) is 2.70. The van der Waals surface area contributed by atoms with Gasteiger partial charge in [-0.15, -0.1) is 0 Å². The van der Waals surface area contributed by atoms with Gasteiger partial charge in [-0.25, -0.2) is 13.9 Å². The zero-order chi connectivity index (χ0) is 15.2. The summed E-state index contributed by atoms with van der Waals surface area (Å²) >= 11 is 0. The molecule has 0 saturated heterocycles. The summed E-state index contributed by atoms with van der Waals surface area (Å²) in [4.78, 5) is 22.7. The maximum absolute atomic E-state index is 11.4. The van der Waals surface area contributed by atoms with Crippen molar-refractivity contribution < 1.29 is 23.6 Å². The molecule has 0 aliphatic heterocycles. The van der Waals surface area contributed by atoms with Crippen LogP contribution in [0.4, 0.5) is 4.79 Å². The minimum Gasteiger partial charge on any atom is -0.460 e. The predicted octanol–water partition coefficient (Wildman–Crippen LogP) is 0.381. The van der Waals surface area contributed by atoms with Crippen molar-refractivity contribution in [3.63, 3.8) is 0 Å². The first kappa shape index (κ1) is 16.0. The van der Waals surface area contributed by atoms with Crippen LogP contribution in [-0.4, -0.2) is 35.4 Å². The van der Waals surface area contributed by atoms with Gasteiger partial charge in [0.15, 0.2) is 0 Å². The normalized spacial score (nSPS) is 11.0. The van der Waals surface area contributed by atoms with E-state index in [4.69, 9.17) is 9.47 Å². The fourth-order valence-corrected chi connectivity index (χ4v) is 1.41. The number of ether oxygens (including phenoxy) is 2. The highest BCUT2D eigenvalue weighted by Gasteiger charge is 2.16. The van der Waals surface area contributed by atoms with Crippen LogP contribution in [0.15, 0.2) is 18.7 Å². The number of esters is 1. The highest BCUT2D eigenvalue weighted by atomic mass is 16.6. The van der Waals surface area contributed by atoms with Crippen molar-refractivity contribution in [2.45, 2.75) is 32.9 Å². The molecule has 1 rings (SSSR count). The molecule has 0 spiro atoms. The number of nitrogens with one attached hydrogen (secondary N) is 1. The number of imidazole rings is 1. The Hall–Kier alpha value is -2.05. The number of hydrogen-bond acceptors (Lipinski definition) is 4. The lowest BCUT2D eigenvalue weighted by atomic mass is 10.2. The molecule has 20 heavy (non-hydrogen) atoms. The molecule has 0 aliphatic carbocycles. The summed E-state index contributed by atoms with van der Waals surface area (Å²) in [5, 5.41) is 2.35. The molecule has 0 saturated carbocycles. The third-order valence-corrected chi connectivity index (χ3v) is 2.21. The van der Waals surface area contributed by atoms with Gasteiger partial charge in [0.05, 0.1) is 7.05 Å². The smallest absolute Gasteiger partial charge is 0.408 e. The molecule has 112 valence electrons. The second-order valence-electron chi connectivity index (χ2n) is 5.39. The summed E-state index contributed by atoms with van der Waals surface area (Å²) in [6, 6.07) is 0. The topological polar surface area (TPSA) is 73.4 Å². The Labute approximate surface area is 118 Å². The maximum atomic E-state index is 11.4. The molecule has 1 aromatic heterocycles. The van der Waals surface area contributed by atoms with Crippen molar-refractivity contribution in [2.75, 3.05) is 13.2 Å². The summed E-state index contributed by atoms with van der Waals surface area (Å²) < 4.78 is 13.8. The van der Waals surface area contributed by atoms with E-state index in [1.807, 2.05) is 34.9 Å². The van der Waals surface area contributed by atoms with Crippen LogP contribution in [0.1, 0.15) is 20.8 Å². The van der Waals surface area contributed by atoms with E-state index in [2.05, 4.69) is 5.32 Å².